The van der Waals surface area contributed by atoms with Gasteiger partial charge in [0.1, 0.15) is 6.04 Å². The Morgan fingerprint density at radius 1 is 0.885 bits per heavy atom. The van der Waals surface area contributed by atoms with Crippen molar-refractivity contribution in [2.45, 2.75) is 13.0 Å². The van der Waals surface area contributed by atoms with E-state index in [2.05, 4.69) is 10.3 Å². The molecule has 0 bridgehead atoms. The monoisotopic (exact) mass is 340 g/mol. The van der Waals surface area contributed by atoms with E-state index < -0.39 is 6.04 Å². The Morgan fingerprint density at radius 2 is 1.58 bits per heavy atom. The molecule has 0 amide bonds. The Hall–Kier alpha value is -3.33. The number of nitrogens with one attached hydrogen (secondary N) is 2. The Labute approximate surface area is 152 Å². The van der Waals surface area contributed by atoms with Crippen molar-refractivity contribution >= 4 is 22.4 Å². The lowest BCUT2D eigenvalue weighted by Gasteiger charge is -2.20. The summed E-state index contributed by atoms with van der Waals surface area (Å²) in [7, 11) is 0. The second kappa shape index (κ2) is 6.89. The van der Waals surface area contributed by atoms with E-state index in [1.165, 1.54) is 0 Å². The van der Waals surface area contributed by atoms with Gasteiger partial charge in [-0.05, 0) is 30.2 Å². The number of carbonyl (C=O) groups is 1. The molecule has 3 heteroatoms. The number of ketones is 1. The summed E-state index contributed by atoms with van der Waals surface area (Å²) < 4.78 is 0. The second-order valence-electron chi connectivity index (χ2n) is 6.42. The van der Waals surface area contributed by atoms with Gasteiger partial charge in [-0.2, -0.15) is 0 Å². The molecule has 2 N–H and O–H groups in total. The Balaban J connectivity index is 1.78. The van der Waals surface area contributed by atoms with Gasteiger partial charge in [-0.1, -0.05) is 66.7 Å². The van der Waals surface area contributed by atoms with E-state index in [1.54, 1.807) is 0 Å². The average Bonchev–Trinajstić information content (AvgIpc) is 3.12. The highest BCUT2D eigenvalue weighted by molar-refractivity contribution is 6.11. The van der Waals surface area contributed by atoms with Crippen molar-refractivity contribution in [2.75, 3.05) is 5.32 Å². The van der Waals surface area contributed by atoms with Crippen LogP contribution in [0.4, 0.5) is 5.69 Å². The zero-order valence-corrected chi connectivity index (χ0v) is 14.6. The van der Waals surface area contributed by atoms with Gasteiger partial charge in [-0.25, -0.2) is 0 Å². The van der Waals surface area contributed by atoms with Gasteiger partial charge in [0.05, 0.1) is 0 Å². The van der Waals surface area contributed by atoms with E-state index in [1.807, 2.05) is 92.0 Å². The molecule has 26 heavy (non-hydrogen) atoms. The predicted octanol–water partition coefficient (Wildman–Crippen LogP) is 5.51. The lowest BCUT2D eigenvalue weighted by Crippen LogP contribution is -2.21. The van der Waals surface area contributed by atoms with Crippen molar-refractivity contribution in [1.29, 1.82) is 0 Å². The van der Waals surface area contributed by atoms with Gasteiger partial charge in [-0.3, -0.25) is 4.79 Å². The van der Waals surface area contributed by atoms with Gasteiger partial charge in [0.25, 0.3) is 0 Å². The third kappa shape index (κ3) is 3.00. The lowest BCUT2D eigenvalue weighted by molar-refractivity contribution is 0.0971. The van der Waals surface area contributed by atoms with Crippen LogP contribution in [0.3, 0.4) is 0 Å². The van der Waals surface area contributed by atoms with Crippen LogP contribution >= 0.6 is 0 Å². The highest BCUT2D eigenvalue weighted by Crippen LogP contribution is 2.28. The van der Waals surface area contributed by atoms with Crippen LogP contribution in [0.1, 0.15) is 27.5 Å². The molecular weight excluding hydrogens is 320 g/mol. The third-order valence-electron chi connectivity index (χ3n) is 4.69. The van der Waals surface area contributed by atoms with E-state index >= 15 is 0 Å². The maximum Gasteiger partial charge on any atom is 0.191 e. The van der Waals surface area contributed by atoms with Gasteiger partial charge in [0.15, 0.2) is 5.78 Å². The number of Topliss-reactive ketones (excluding diaryl/α,β-unsaturated/α-hetero) is 1. The maximum atomic E-state index is 13.5. The summed E-state index contributed by atoms with van der Waals surface area (Å²) in [5.74, 6) is 0.0527. The first-order valence-corrected chi connectivity index (χ1v) is 8.71. The first kappa shape index (κ1) is 16.2. The molecule has 1 aromatic heterocycles. The van der Waals surface area contributed by atoms with Crippen LogP contribution in [0.25, 0.3) is 10.9 Å². The molecule has 1 atom stereocenters. The highest BCUT2D eigenvalue weighted by atomic mass is 16.1. The Bertz CT molecular complexity index is 1050. The van der Waals surface area contributed by atoms with Gasteiger partial charge in [-0.15, -0.1) is 0 Å². The van der Waals surface area contributed by atoms with Crippen molar-refractivity contribution in [1.82, 2.24) is 4.98 Å². The van der Waals surface area contributed by atoms with Crippen LogP contribution < -0.4 is 5.32 Å². The van der Waals surface area contributed by atoms with Crippen molar-refractivity contribution in [3.8, 4) is 0 Å². The quantitative estimate of drug-likeness (QED) is 0.470. The van der Waals surface area contributed by atoms with E-state index in [-0.39, 0.29) is 5.78 Å². The number of benzene rings is 3. The number of aromatic nitrogens is 1. The minimum absolute atomic E-state index is 0.0527. The molecule has 0 fully saturated rings. The molecule has 0 aliphatic heterocycles. The number of H-pyrrole nitrogens is 1. The molecule has 1 heterocycles. The summed E-state index contributed by atoms with van der Waals surface area (Å²) >= 11 is 0. The van der Waals surface area contributed by atoms with Crippen molar-refractivity contribution in [3.63, 3.8) is 0 Å². The highest BCUT2D eigenvalue weighted by Gasteiger charge is 2.24. The summed E-state index contributed by atoms with van der Waals surface area (Å²) in [6.07, 6.45) is 1.81. The van der Waals surface area contributed by atoms with Gasteiger partial charge >= 0.3 is 0 Å². The van der Waals surface area contributed by atoms with Crippen LogP contribution in [0.5, 0.6) is 0 Å². The number of carbonyl (C=O) groups excluding carboxylic acids is 1. The minimum Gasteiger partial charge on any atom is -0.371 e. The Morgan fingerprint density at radius 3 is 2.38 bits per heavy atom. The van der Waals surface area contributed by atoms with E-state index in [4.69, 9.17) is 0 Å². The smallest absolute Gasteiger partial charge is 0.191 e. The van der Waals surface area contributed by atoms with E-state index in [0.29, 0.717) is 5.56 Å². The van der Waals surface area contributed by atoms with Crippen LogP contribution in [0.2, 0.25) is 0 Å². The molecule has 0 aliphatic rings. The maximum absolute atomic E-state index is 13.5. The molecule has 4 rings (SSSR count). The molecule has 0 saturated heterocycles. The predicted molar refractivity (Wildman–Crippen MR) is 107 cm³/mol. The SMILES string of the molecule is Cc1ccccc1NC(C(=O)c1c[nH]c2ccccc12)c1ccccc1. The summed E-state index contributed by atoms with van der Waals surface area (Å²) in [5, 5.41) is 4.40. The molecule has 0 aliphatic carbocycles. The van der Waals surface area contributed by atoms with Crippen LogP contribution in [0, 0.1) is 6.92 Å². The fourth-order valence-corrected chi connectivity index (χ4v) is 3.27. The topological polar surface area (TPSA) is 44.9 Å². The summed E-state index contributed by atoms with van der Waals surface area (Å²) in [6, 6.07) is 25.3. The largest absolute Gasteiger partial charge is 0.371 e. The first-order chi connectivity index (χ1) is 12.7. The molecule has 3 aromatic carbocycles. The number of aryl methyl sites for hydroxylation is 1. The molecule has 0 radical (unpaired) electrons. The van der Waals surface area contributed by atoms with Crippen LogP contribution in [-0.4, -0.2) is 10.8 Å². The third-order valence-corrected chi connectivity index (χ3v) is 4.69. The molecule has 4 aromatic rings. The number of hydrogen-bond acceptors (Lipinski definition) is 2. The number of fused-ring (bicyclic) bond motifs is 1. The van der Waals surface area contributed by atoms with Gasteiger partial charge < -0.3 is 10.3 Å². The second-order valence-corrected chi connectivity index (χ2v) is 6.42. The van der Waals surface area contributed by atoms with Crippen molar-refractivity contribution in [2.24, 2.45) is 0 Å². The van der Waals surface area contributed by atoms with Gasteiger partial charge in [0.2, 0.25) is 0 Å². The zero-order chi connectivity index (χ0) is 17.9. The standard InChI is InChI=1S/C23H20N2O/c1-16-9-5-7-13-20(16)25-22(17-10-3-2-4-11-17)23(26)19-15-24-21-14-8-6-12-18(19)21/h2-15,22,24-25H,1H3. The fourth-order valence-electron chi connectivity index (χ4n) is 3.27. The zero-order valence-electron chi connectivity index (χ0n) is 14.6. The fraction of sp³-hybridized carbons (Fsp3) is 0.0870. The number of para-hydroxylation sites is 2. The molecule has 0 spiro atoms. The summed E-state index contributed by atoms with van der Waals surface area (Å²) in [5.41, 5.74) is 4.70. The average molecular weight is 340 g/mol. The van der Waals surface area contributed by atoms with E-state index in [9.17, 15) is 4.79 Å². The number of aromatic amines is 1. The normalized spacial score (nSPS) is 12.0. The molecule has 3 nitrogen and oxygen atoms in total. The van der Waals surface area contributed by atoms with Gasteiger partial charge in [0, 0.05) is 28.4 Å². The molecule has 1 unspecified atom stereocenters. The number of rotatable bonds is 5. The Kier molecular flexibility index (Phi) is 4.28. The molecule has 0 saturated carbocycles. The lowest BCUT2D eigenvalue weighted by atomic mass is 9.96. The van der Waals surface area contributed by atoms with Crippen LogP contribution in [-0.2, 0) is 0 Å². The number of hydrogen-bond donors (Lipinski definition) is 2. The van der Waals surface area contributed by atoms with Crippen molar-refractivity contribution < 1.29 is 4.79 Å². The van der Waals surface area contributed by atoms with Crippen molar-refractivity contribution in [3.05, 3.63) is 102 Å². The van der Waals surface area contributed by atoms with Crippen LogP contribution in [0.15, 0.2) is 85.1 Å². The summed E-state index contributed by atoms with van der Waals surface area (Å²) in [4.78, 5) is 16.7. The minimum atomic E-state index is -0.448. The van der Waals surface area contributed by atoms with E-state index in [0.717, 1.165) is 27.7 Å². The molecular formula is C23H20N2O. The number of anilines is 1. The first-order valence-electron chi connectivity index (χ1n) is 8.71. The summed E-state index contributed by atoms with van der Waals surface area (Å²) in [6.45, 7) is 2.04. The molecule has 128 valence electrons.